The molecule has 1 fully saturated rings. The second-order valence-corrected chi connectivity index (χ2v) is 18.8. The van der Waals surface area contributed by atoms with Crippen LogP contribution in [0.4, 0.5) is 0 Å². The summed E-state index contributed by atoms with van der Waals surface area (Å²) in [6, 6.07) is 24.7. The summed E-state index contributed by atoms with van der Waals surface area (Å²) in [5.74, 6) is 1.27. The Bertz CT molecular complexity index is 1450. The first-order chi connectivity index (χ1) is 17.9. The van der Waals surface area contributed by atoms with Gasteiger partial charge >= 0.3 is 230 Å². The van der Waals surface area contributed by atoms with Crippen LogP contribution in [-0.4, -0.2) is 35.6 Å². The fraction of sp³-hybridized carbons (Fsp3) is 0.267. The van der Waals surface area contributed by atoms with E-state index in [1.165, 1.54) is 0 Å². The Morgan fingerprint density at radius 1 is 0.649 bits per heavy atom. The van der Waals surface area contributed by atoms with Crippen LogP contribution in [0.1, 0.15) is 50.7 Å². The summed E-state index contributed by atoms with van der Waals surface area (Å²) in [6.07, 6.45) is 4.33. The molecule has 1 saturated carbocycles. The fourth-order valence-electron chi connectivity index (χ4n) is 5.56. The summed E-state index contributed by atoms with van der Waals surface area (Å²) in [7, 11) is 14.0. The average Bonchev–Trinajstić information content (AvgIpc) is 2.89. The zero-order valence-electron chi connectivity index (χ0n) is 20.9. The van der Waals surface area contributed by atoms with E-state index in [2.05, 4.69) is 36.4 Å². The van der Waals surface area contributed by atoms with Gasteiger partial charge in [0.2, 0.25) is 0 Å². The molecule has 0 amide bonds. The number of hydrogen-bond donors (Lipinski definition) is 0. The molecule has 4 aromatic rings. The molecule has 37 heavy (non-hydrogen) atoms. The first-order valence-electron chi connectivity index (χ1n) is 12.8. The van der Waals surface area contributed by atoms with Crippen LogP contribution in [0.25, 0.3) is 21.5 Å². The third-order valence-corrected chi connectivity index (χ3v) is 10.9. The van der Waals surface area contributed by atoms with E-state index in [4.69, 9.17) is 37.5 Å². The van der Waals surface area contributed by atoms with Gasteiger partial charge in [-0.05, 0) is 0 Å². The molecule has 1 aliphatic carbocycles. The summed E-state index contributed by atoms with van der Waals surface area (Å²) < 4.78 is 13.1. The molecule has 0 unspecified atom stereocenters. The molecule has 0 spiro atoms. The molecule has 4 nitrogen and oxygen atoms in total. The van der Waals surface area contributed by atoms with Crippen molar-refractivity contribution in [2.75, 3.05) is 0 Å². The van der Waals surface area contributed by atoms with Gasteiger partial charge in [0, 0.05) is 0 Å². The minimum atomic E-state index is -4.41. The van der Waals surface area contributed by atoms with Gasteiger partial charge in [-0.15, -0.1) is 0 Å². The van der Waals surface area contributed by atoms with E-state index < -0.39 is 12.1 Å². The fourth-order valence-corrected chi connectivity index (χ4v) is 9.17. The zero-order valence-corrected chi connectivity index (χ0v) is 24.5. The average molecular weight is 592 g/mol. The van der Waals surface area contributed by atoms with Crippen molar-refractivity contribution in [3.8, 4) is 11.5 Å². The van der Waals surface area contributed by atoms with Crippen LogP contribution in [0.15, 0.2) is 82.8 Å². The Labute approximate surface area is 228 Å². The zero-order chi connectivity index (χ0) is 25.6. The standard InChI is InChI=1S/C30H28Cl2GeN2O2/c1-19-23-17-15-21-9-3-5-11-25(21)29(23)36-33(31,32)37-30-24(18-16-22-10-4-6-12-26(22)30)20(2)35-28-14-8-7-13-27(28)34-19/h3-6,9-12,15-18,27-28H,7-8,13-14H2,1-2H3/t27-,28-/m1/s1. The number of rotatable bonds is 0. The van der Waals surface area contributed by atoms with E-state index >= 15 is 0 Å². The van der Waals surface area contributed by atoms with Gasteiger partial charge in [0.1, 0.15) is 0 Å². The van der Waals surface area contributed by atoms with E-state index in [0.717, 1.165) is 69.8 Å². The van der Waals surface area contributed by atoms with Gasteiger partial charge in [-0.25, -0.2) is 0 Å². The maximum atomic E-state index is 7.01. The van der Waals surface area contributed by atoms with Gasteiger partial charge in [-0.2, -0.15) is 0 Å². The predicted molar refractivity (Wildman–Crippen MR) is 157 cm³/mol. The predicted octanol–water partition coefficient (Wildman–Crippen LogP) is 8.31. The quantitative estimate of drug-likeness (QED) is 0.193. The van der Waals surface area contributed by atoms with Crippen molar-refractivity contribution in [1.82, 2.24) is 0 Å². The molecule has 0 bridgehead atoms. The van der Waals surface area contributed by atoms with Crippen molar-refractivity contribution < 1.29 is 7.53 Å². The Morgan fingerprint density at radius 2 is 1.08 bits per heavy atom. The van der Waals surface area contributed by atoms with Crippen LogP contribution in [0, 0.1) is 0 Å². The summed E-state index contributed by atoms with van der Waals surface area (Å²) >= 11 is -4.41. The topological polar surface area (TPSA) is 43.2 Å². The number of halogens is 2. The van der Waals surface area contributed by atoms with Crippen LogP contribution in [-0.2, 0) is 0 Å². The molecule has 0 radical (unpaired) electrons. The van der Waals surface area contributed by atoms with E-state index in [1.807, 2.05) is 50.2 Å². The van der Waals surface area contributed by atoms with Crippen molar-refractivity contribution in [3.05, 3.63) is 83.9 Å². The Morgan fingerprint density at radius 3 is 1.54 bits per heavy atom. The van der Waals surface area contributed by atoms with Gasteiger partial charge in [0.25, 0.3) is 0 Å². The molecule has 7 heteroatoms. The van der Waals surface area contributed by atoms with Crippen LogP contribution >= 0.6 is 20.0 Å². The molecule has 0 saturated heterocycles. The Kier molecular flexibility index (Phi) is 6.68. The van der Waals surface area contributed by atoms with Crippen molar-refractivity contribution >= 4 is 65.1 Å². The van der Waals surface area contributed by atoms with Crippen LogP contribution in [0.3, 0.4) is 0 Å². The number of aliphatic imine (C=N–C) groups is 2. The van der Waals surface area contributed by atoms with Gasteiger partial charge in [0.15, 0.2) is 0 Å². The number of nitrogens with zero attached hydrogens (tertiary/aromatic N) is 2. The van der Waals surface area contributed by atoms with Crippen LogP contribution < -0.4 is 7.53 Å². The van der Waals surface area contributed by atoms with Crippen molar-refractivity contribution in [2.45, 2.75) is 51.6 Å². The van der Waals surface area contributed by atoms with E-state index in [0.29, 0.717) is 11.5 Å². The number of fused-ring (bicyclic) bond motifs is 7. The second kappa shape index (κ2) is 9.97. The SMILES string of the molecule is CC1=N[C@@H]2CCCC[C@H]2N=C(C)c2ccc3ccccc3c2[O][Ge]([Cl])([Cl])[O]c2c1ccc1ccccc21. The maximum absolute atomic E-state index is 7.01. The molecule has 0 N–H and O–H groups in total. The third kappa shape index (κ3) is 4.87. The van der Waals surface area contributed by atoms with Crippen molar-refractivity contribution in [2.24, 2.45) is 9.98 Å². The van der Waals surface area contributed by atoms with Crippen molar-refractivity contribution in [1.29, 1.82) is 0 Å². The summed E-state index contributed by atoms with van der Waals surface area (Å²) in [5, 5.41) is 3.97. The molecule has 4 aromatic carbocycles. The Balaban J connectivity index is 1.61. The molecule has 2 atom stereocenters. The van der Waals surface area contributed by atoms with E-state index in [-0.39, 0.29) is 12.1 Å². The first kappa shape index (κ1) is 24.8. The van der Waals surface area contributed by atoms with Gasteiger partial charge < -0.3 is 0 Å². The van der Waals surface area contributed by atoms with Crippen LogP contribution in [0.5, 0.6) is 11.5 Å². The number of hydrogen-bond acceptors (Lipinski definition) is 4. The first-order valence-corrected chi connectivity index (χ1v) is 20.0. The summed E-state index contributed by atoms with van der Waals surface area (Å²) in [4.78, 5) is 10.4. The van der Waals surface area contributed by atoms with E-state index in [1.54, 1.807) is 0 Å². The molecular formula is C30H28Cl2GeN2O2. The van der Waals surface area contributed by atoms with Crippen molar-refractivity contribution in [3.63, 3.8) is 0 Å². The molecule has 1 heterocycles. The van der Waals surface area contributed by atoms with Gasteiger partial charge in [-0.1, -0.05) is 0 Å². The summed E-state index contributed by atoms with van der Waals surface area (Å²) in [5.41, 5.74) is 3.58. The molecule has 1 aliphatic heterocycles. The van der Waals surface area contributed by atoms with Crippen LogP contribution in [0.2, 0.25) is 0 Å². The summed E-state index contributed by atoms with van der Waals surface area (Å²) in [6.45, 7) is 4.08. The molecule has 188 valence electrons. The second-order valence-electron chi connectivity index (χ2n) is 9.84. The molecular weight excluding hydrogens is 564 g/mol. The normalized spacial score (nSPS) is 21.5. The monoisotopic (exact) mass is 592 g/mol. The number of benzene rings is 4. The molecule has 2 aliphatic rings. The van der Waals surface area contributed by atoms with Gasteiger partial charge in [-0.3, -0.25) is 0 Å². The molecule has 0 aromatic heterocycles. The molecule has 6 rings (SSSR count). The van der Waals surface area contributed by atoms with Gasteiger partial charge in [0.05, 0.1) is 0 Å². The minimum absolute atomic E-state index is 0.104. The third-order valence-electron chi connectivity index (χ3n) is 7.39. The Hall–Kier alpha value is -2.54. The van der Waals surface area contributed by atoms with E-state index in [9.17, 15) is 0 Å².